The van der Waals surface area contributed by atoms with Gasteiger partial charge in [-0.25, -0.2) is 9.97 Å². The molecule has 0 aromatic carbocycles. The topological polar surface area (TPSA) is 67.7 Å². The van der Waals surface area contributed by atoms with E-state index in [2.05, 4.69) is 32.6 Å². The van der Waals surface area contributed by atoms with Crippen LogP contribution in [-0.2, 0) is 6.54 Å². The van der Waals surface area contributed by atoms with Crippen LogP contribution < -0.4 is 10.6 Å². The number of rotatable bonds is 6. The summed E-state index contributed by atoms with van der Waals surface area (Å²) in [6, 6.07) is 0. The molecule has 0 saturated carbocycles. The molecule has 6 heteroatoms. The average molecular weight is 274 g/mol. The molecule has 2 aromatic heterocycles. The third-order valence-corrected chi connectivity index (χ3v) is 3.00. The van der Waals surface area contributed by atoms with E-state index in [-0.39, 0.29) is 0 Å². The molecule has 108 valence electrons. The van der Waals surface area contributed by atoms with Crippen LogP contribution in [0.15, 0.2) is 12.4 Å². The van der Waals surface area contributed by atoms with Gasteiger partial charge in [0.2, 0.25) is 0 Å². The van der Waals surface area contributed by atoms with E-state index in [0.717, 1.165) is 42.7 Å². The van der Waals surface area contributed by atoms with Crippen LogP contribution in [-0.4, -0.2) is 32.8 Å². The third-order valence-electron chi connectivity index (χ3n) is 3.00. The predicted octanol–water partition coefficient (Wildman–Crippen LogP) is 2.14. The monoisotopic (exact) mass is 274 g/mol. The number of nitrogens with zero attached hydrogens (tertiary/aromatic N) is 4. The Morgan fingerprint density at radius 3 is 2.40 bits per heavy atom. The summed E-state index contributed by atoms with van der Waals surface area (Å²) in [7, 11) is 0. The van der Waals surface area contributed by atoms with Crippen LogP contribution in [0.2, 0.25) is 0 Å². The second-order valence-corrected chi connectivity index (χ2v) is 4.83. The highest BCUT2D eigenvalue weighted by Gasteiger charge is 2.08. The van der Waals surface area contributed by atoms with Crippen LogP contribution in [0.5, 0.6) is 0 Å². The van der Waals surface area contributed by atoms with Crippen LogP contribution in [0.1, 0.15) is 23.9 Å². The first kappa shape index (κ1) is 14.3. The minimum Gasteiger partial charge on any atom is -0.370 e. The molecule has 0 bridgehead atoms. The number of anilines is 2. The lowest BCUT2D eigenvalue weighted by molar-refractivity contribution is 0.636. The maximum atomic E-state index is 4.46. The lowest BCUT2D eigenvalue weighted by Crippen LogP contribution is -2.14. The minimum atomic E-state index is 0.768. The largest absolute Gasteiger partial charge is 0.370 e. The Hall–Kier alpha value is -2.11. The van der Waals surface area contributed by atoms with E-state index in [1.165, 1.54) is 5.56 Å². The Balaban J connectivity index is 2.01. The fourth-order valence-corrected chi connectivity index (χ4v) is 2.02. The molecule has 2 heterocycles. The molecule has 0 aliphatic carbocycles. The zero-order chi connectivity index (χ0) is 14.5. The van der Waals surface area contributed by atoms with Crippen LogP contribution in [0.3, 0.4) is 0 Å². The molecule has 0 fully saturated rings. The standard InChI is InChI=1S/C14H22N6/c1-5-15-13-11(3)14(19-12(4)18-13)16-6-7-20-9-10(2)8-17-20/h8-9H,5-7H2,1-4H3,(H2,15,16,18,19). The second-order valence-electron chi connectivity index (χ2n) is 4.83. The van der Waals surface area contributed by atoms with Crippen molar-refractivity contribution >= 4 is 11.6 Å². The van der Waals surface area contributed by atoms with Crippen molar-refractivity contribution in [2.75, 3.05) is 23.7 Å². The first-order valence-corrected chi connectivity index (χ1v) is 6.92. The number of hydrogen-bond acceptors (Lipinski definition) is 5. The van der Waals surface area contributed by atoms with Crippen molar-refractivity contribution in [2.45, 2.75) is 34.2 Å². The first-order valence-electron chi connectivity index (χ1n) is 6.92. The zero-order valence-corrected chi connectivity index (χ0v) is 12.6. The summed E-state index contributed by atoms with van der Waals surface area (Å²) in [5, 5.41) is 10.9. The normalized spacial score (nSPS) is 10.6. The van der Waals surface area contributed by atoms with Gasteiger partial charge in [0, 0.05) is 24.8 Å². The Kier molecular flexibility index (Phi) is 4.55. The lowest BCUT2D eigenvalue weighted by atomic mass is 10.3. The van der Waals surface area contributed by atoms with Crippen LogP contribution >= 0.6 is 0 Å². The summed E-state index contributed by atoms with van der Waals surface area (Å²) in [5.41, 5.74) is 2.22. The average Bonchev–Trinajstić information content (AvgIpc) is 2.81. The fourth-order valence-electron chi connectivity index (χ4n) is 2.02. The smallest absolute Gasteiger partial charge is 0.134 e. The van der Waals surface area contributed by atoms with Gasteiger partial charge in [-0.05, 0) is 33.3 Å². The third kappa shape index (κ3) is 3.46. The number of aromatic nitrogens is 4. The van der Waals surface area contributed by atoms with Crippen molar-refractivity contribution in [3.63, 3.8) is 0 Å². The quantitative estimate of drug-likeness (QED) is 0.844. The van der Waals surface area contributed by atoms with Crippen molar-refractivity contribution < 1.29 is 0 Å². The number of nitrogens with one attached hydrogen (secondary N) is 2. The molecule has 2 rings (SSSR count). The van der Waals surface area contributed by atoms with Crippen molar-refractivity contribution in [1.29, 1.82) is 0 Å². The van der Waals surface area contributed by atoms with Gasteiger partial charge in [0.1, 0.15) is 17.5 Å². The molecule has 0 unspecified atom stereocenters. The second kappa shape index (κ2) is 6.36. The molecule has 0 aliphatic rings. The van der Waals surface area contributed by atoms with Gasteiger partial charge in [-0.3, -0.25) is 4.68 Å². The molecular weight excluding hydrogens is 252 g/mol. The van der Waals surface area contributed by atoms with E-state index in [1.54, 1.807) is 0 Å². The van der Waals surface area contributed by atoms with Gasteiger partial charge in [-0.15, -0.1) is 0 Å². The van der Waals surface area contributed by atoms with Gasteiger partial charge < -0.3 is 10.6 Å². The fraction of sp³-hybridized carbons (Fsp3) is 0.500. The van der Waals surface area contributed by atoms with Crippen LogP contribution in [0.4, 0.5) is 11.6 Å². The number of aryl methyl sites for hydroxylation is 2. The summed E-state index contributed by atoms with van der Waals surface area (Å²) in [6.45, 7) is 10.5. The molecule has 2 N–H and O–H groups in total. The Morgan fingerprint density at radius 2 is 1.80 bits per heavy atom. The molecule has 0 amide bonds. The van der Waals surface area contributed by atoms with Gasteiger partial charge >= 0.3 is 0 Å². The first-order chi connectivity index (χ1) is 9.60. The van der Waals surface area contributed by atoms with Gasteiger partial charge in [0.25, 0.3) is 0 Å². The van der Waals surface area contributed by atoms with E-state index in [0.29, 0.717) is 0 Å². The highest BCUT2D eigenvalue weighted by Crippen LogP contribution is 2.19. The van der Waals surface area contributed by atoms with E-state index in [1.807, 2.05) is 37.8 Å². The lowest BCUT2D eigenvalue weighted by Gasteiger charge is -2.13. The van der Waals surface area contributed by atoms with Crippen molar-refractivity contribution in [1.82, 2.24) is 19.7 Å². The summed E-state index contributed by atoms with van der Waals surface area (Å²) in [4.78, 5) is 8.87. The van der Waals surface area contributed by atoms with Gasteiger partial charge in [0.15, 0.2) is 0 Å². The molecular formula is C14H22N6. The number of hydrogen-bond donors (Lipinski definition) is 2. The summed E-state index contributed by atoms with van der Waals surface area (Å²) >= 11 is 0. The molecule has 0 aliphatic heterocycles. The van der Waals surface area contributed by atoms with Crippen LogP contribution in [0, 0.1) is 20.8 Å². The van der Waals surface area contributed by atoms with E-state index in [4.69, 9.17) is 0 Å². The molecule has 2 aromatic rings. The van der Waals surface area contributed by atoms with Crippen LogP contribution in [0.25, 0.3) is 0 Å². The van der Waals surface area contributed by atoms with Gasteiger partial charge in [-0.1, -0.05) is 0 Å². The van der Waals surface area contributed by atoms with E-state index < -0.39 is 0 Å². The zero-order valence-electron chi connectivity index (χ0n) is 12.6. The minimum absolute atomic E-state index is 0.768. The maximum Gasteiger partial charge on any atom is 0.134 e. The summed E-state index contributed by atoms with van der Waals surface area (Å²) in [6.07, 6.45) is 3.90. The molecule has 0 saturated heterocycles. The molecule has 6 nitrogen and oxygen atoms in total. The highest BCUT2D eigenvalue weighted by molar-refractivity contribution is 5.57. The summed E-state index contributed by atoms with van der Waals surface area (Å²) in [5.74, 6) is 2.55. The van der Waals surface area contributed by atoms with Crippen molar-refractivity contribution in [3.8, 4) is 0 Å². The van der Waals surface area contributed by atoms with E-state index >= 15 is 0 Å². The highest BCUT2D eigenvalue weighted by atomic mass is 15.3. The Bertz CT molecular complexity index is 575. The molecule has 0 atom stereocenters. The molecule has 0 radical (unpaired) electrons. The molecule has 20 heavy (non-hydrogen) atoms. The molecule has 0 spiro atoms. The van der Waals surface area contributed by atoms with E-state index in [9.17, 15) is 0 Å². The van der Waals surface area contributed by atoms with Crippen molar-refractivity contribution in [3.05, 3.63) is 29.3 Å². The Labute approximate surface area is 119 Å². The maximum absolute atomic E-state index is 4.46. The predicted molar refractivity (Wildman–Crippen MR) is 81.1 cm³/mol. The van der Waals surface area contributed by atoms with Crippen molar-refractivity contribution in [2.24, 2.45) is 0 Å². The SMILES string of the molecule is CCNc1nc(C)nc(NCCn2cc(C)cn2)c1C. The Morgan fingerprint density at radius 1 is 1.10 bits per heavy atom. The van der Waals surface area contributed by atoms with Gasteiger partial charge in [0.05, 0.1) is 12.7 Å². The summed E-state index contributed by atoms with van der Waals surface area (Å²) < 4.78 is 1.93. The van der Waals surface area contributed by atoms with Gasteiger partial charge in [-0.2, -0.15) is 5.10 Å².